The molecule has 0 fully saturated rings. The summed E-state index contributed by atoms with van der Waals surface area (Å²) >= 11 is 0. The molecule has 0 aromatic rings. The molecule has 0 unspecified atom stereocenters. The largest absolute Gasteiger partial charge is 0.463 e. The molecule has 152 valence electrons. The summed E-state index contributed by atoms with van der Waals surface area (Å²) in [6.07, 6.45) is 28.6. The minimum Gasteiger partial charge on any atom is -0.463 e. The highest BCUT2D eigenvalue weighted by Gasteiger charge is 1.94. The van der Waals surface area contributed by atoms with Crippen molar-refractivity contribution in [1.82, 2.24) is 0 Å². The minimum absolute atomic E-state index is 0.232. The zero-order valence-corrected chi connectivity index (χ0v) is 17.6. The molecule has 0 radical (unpaired) electrons. The summed E-state index contributed by atoms with van der Waals surface area (Å²) < 4.78 is 5.05. The highest BCUT2D eigenvalue weighted by atomic mass is 16.5. The topological polar surface area (TPSA) is 26.3 Å². The third-order valence-electron chi connectivity index (χ3n) is 4.70. The van der Waals surface area contributed by atoms with Gasteiger partial charge >= 0.3 is 5.97 Å². The number of hydrogen-bond donors (Lipinski definition) is 0. The Kier molecular flexibility index (Phi) is 21.1. The maximum absolute atomic E-state index is 11.3. The average molecular weight is 365 g/mol. The first-order chi connectivity index (χ1) is 12.8. The lowest BCUT2D eigenvalue weighted by Crippen LogP contribution is -2.01. The number of hydrogen-bond acceptors (Lipinski definition) is 2. The van der Waals surface area contributed by atoms with Crippen molar-refractivity contribution in [2.75, 3.05) is 6.61 Å². The van der Waals surface area contributed by atoms with E-state index in [2.05, 4.69) is 19.9 Å². The van der Waals surface area contributed by atoms with Crippen LogP contribution in [0.5, 0.6) is 0 Å². The molecule has 0 amide bonds. The van der Waals surface area contributed by atoms with Crippen LogP contribution < -0.4 is 0 Å². The van der Waals surface area contributed by atoms with E-state index >= 15 is 0 Å². The van der Waals surface area contributed by atoms with Gasteiger partial charge in [0.25, 0.3) is 0 Å². The first-order valence-corrected chi connectivity index (χ1v) is 11.3. The molecule has 2 nitrogen and oxygen atoms in total. The monoisotopic (exact) mass is 364 g/mol. The number of rotatable bonds is 19. The van der Waals surface area contributed by atoms with Crippen LogP contribution in [0.1, 0.15) is 117 Å². The molecule has 0 bridgehead atoms. The Morgan fingerprint density at radius 2 is 1.15 bits per heavy atom. The Morgan fingerprint density at radius 1 is 0.654 bits per heavy atom. The fraction of sp³-hybridized carbons (Fsp3) is 0.792. The number of ether oxygens (including phenoxy) is 1. The van der Waals surface area contributed by atoms with Crippen LogP contribution in [0.3, 0.4) is 0 Å². The lowest BCUT2D eigenvalue weighted by molar-refractivity contribution is -0.137. The number of carbonyl (C=O) groups excluding carboxylic acids is 1. The Morgan fingerprint density at radius 3 is 1.69 bits per heavy atom. The molecule has 0 N–H and O–H groups in total. The number of unbranched alkanes of at least 4 members (excludes halogenated alkanes) is 14. The molecule has 0 aliphatic rings. The molecular weight excluding hydrogens is 320 g/mol. The molecule has 0 aliphatic heterocycles. The van der Waals surface area contributed by atoms with Crippen molar-refractivity contribution < 1.29 is 9.53 Å². The second-order valence-corrected chi connectivity index (χ2v) is 7.34. The summed E-state index contributed by atoms with van der Waals surface area (Å²) in [7, 11) is 0. The average Bonchev–Trinajstić information content (AvgIpc) is 2.64. The van der Waals surface area contributed by atoms with Crippen molar-refractivity contribution in [3.63, 3.8) is 0 Å². The second-order valence-electron chi connectivity index (χ2n) is 7.34. The molecule has 0 saturated heterocycles. The van der Waals surface area contributed by atoms with Gasteiger partial charge in [0.2, 0.25) is 0 Å². The number of carbonyl (C=O) groups is 1. The summed E-state index contributed by atoms with van der Waals surface area (Å²) in [5, 5.41) is 0. The van der Waals surface area contributed by atoms with Crippen LogP contribution in [-0.4, -0.2) is 12.6 Å². The SMILES string of the molecule is CCCCCCCCCCCCCCCC=CC=CC(=O)OCCCC. The van der Waals surface area contributed by atoms with E-state index < -0.39 is 0 Å². The molecule has 0 atom stereocenters. The maximum atomic E-state index is 11.3. The van der Waals surface area contributed by atoms with Crippen LogP contribution in [0.4, 0.5) is 0 Å². The molecule has 26 heavy (non-hydrogen) atoms. The Labute approximate surface area is 163 Å². The van der Waals surface area contributed by atoms with Gasteiger partial charge in [-0.1, -0.05) is 116 Å². The van der Waals surface area contributed by atoms with E-state index in [1.54, 1.807) is 6.08 Å². The van der Waals surface area contributed by atoms with Gasteiger partial charge in [0.15, 0.2) is 0 Å². The van der Waals surface area contributed by atoms with Gasteiger partial charge in [0.05, 0.1) is 6.61 Å². The van der Waals surface area contributed by atoms with E-state index in [-0.39, 0.29) is 5.97 Å². The Hall–Kier alpha value is -1.05. The quantitative estimate of drug-likeness (QED) is 0.101. The molecule has 0 rings (SSSR count). The van der Waals surface area contributed by atoms with Crippen molar-refractivity contribution in [2.45, 2.75) is 117 Å². The molecule has 0 aliphatic carbocycles. The van der Waals surface area contributed by atoms with Gasteiger partial charge in [0.1, 0.15) is 0 Å². The van der Waals surface area contributed by atoms with Crippen LogP contribution in [-0.2, 0) is 9.53 Å². The zero-order valence-electron chi connectivity index (χ0n) is 17.6. The summed E-state index contributed by atoms with van der Waals surface area (Å²) in [6, 6.07) is 0. The molecule has 0 aromatic carbocycles. The first kappa shape index (κ1) is 24.9. The normalized spacial score (nSPS) is 11.6. The van der Waals surface area contributed by atoms with E-state index in [1.165, 1.54) is 89.5 Å². The second kappa shape index (κ2) is 22.0. The number of esters is 1. The predicted molar refractivity (Wildman–Crippen MR) is 114 cm³/mol. The highest BCUT2D eigenvalue weighted by molar-refractivity contribution is 5.82. The fourth-order valence-corrected chi connectivity index (χ4v) is 2.95. The fourth-order valence-electron chi connectivity index (χ4n) is 2.95. The van der Waals surface area contributed by atoms with E-state index in [0.29, 0.717) is 6.61 Å². The first-order valence-electron chi connectivity index (χ1n) is 11.3. The van der Waals surface area contributed by atoms with Gasteiger partial charge < -0.3 is 4.74 Å². The molecular formula is C24H44O2. The van der Waals surface area contributed by atoms with E-state index in [1.807, 2.05) is 6.08 Å². The molecule has 0 spiro atoms. The van der Waals surface area contributed by atoms with E-state index in [4.69, 9.17) is 4.74 Å². The van der Waals surface area contributed by atoms with Gasteiger partial charge in [-0.05, 0) is 19.3 Å². The van der Waals surface area contributed by atoms with Gasteiger partial charge in [-0.2, -0.15) is 0 Å². The lowest BCUT2D eigenvalue weighted by Gasteiger charge is -2.02. The van der Waals surface area contributed by atoms with Crippen molar-refractivity contribution >= 4 is 5.97 Å². The van der Waals surface area contributed by atoms with E-state index in [0.717, 1.165) is 19.3 Å². The summed E-state index contributed by atoms with van der Waals surface area (Å²) in [5.41, 5.74) is 0. The Bertz CT molecular complexity index is 344. The molecule has 0 saturated carbocycles. The van der Waals surface area contributed by atoms with Crippen LogP contribution in [0.25, 0.3) is 0 Å². The standard InChI is InChI=1S/C24H44O2/c1-3-5-7-8-9-10-11-12-13-14-15-16-17-18-19-20-21-22-24(25)26-23-6-4-2/h19-22H,3-18,23H2,1-2H3. The van der Waals surface area contributed by atoms with Crippen molar-refractivity contribution in [3.8, 4) is 0 Å². The summed E-state index contributed by atoms with van der Waals surface area (Å²) in [4.78, 5) is 11.3. The van der Waals surface area contributed by atoms with Gasteiger partial charge in [-0.3, -0.25) is 0 Å². The smallest absolute Gasteiger partial charge is 0.330 e. The lowest BCUT2D eigenvalue weighted by atomic mass is 10.0. The summed E-state index contributed by atoms with van der Waals surface area (Å²) in [6.45, 7) is 4.90. The summed E-state index contributed by atoms with van der Waals surface area (Å²) in [5.74, 6) is -0.232. The minimum atomic E-state index is -0.232. The van der Waals surface area contributed by atoms with Crippen molar-refractivity contribution in [2.24, 2.45) is 0 Å². The van der Waals surface area contributed by atoms with Gasteiger partial charge in [-0.15, -0.1) is 0 Å². The van der Waals surface area contributed by atoms with Gasteiger partial charge in [0, 0.05) is 6.08 Å². The molecule has 0 aromatic heterocycles. The van der Waals surface area contributed by atoms with Crippen LogP contribution in [0.2, 0.25) is 0 Å². The highest BCUT2D eigenvalue weighted by Crippen LogP contribution is 2.13. The van der Waals surface area contributed by atoms with Crippen LogP contribution in [0.15, 0.2) is 24.3 Å². The molecule has 0 heterocycles. The zero-order chi connectivity index (χ0) is 19.1. The van der Waals surface area contributed by atoms with E-state index in [9.17, 15) is 4.79 Å². The maximum Gasteiger partial charge on any atom is 0.330 e. The number of allylic oxidation sites excluding steroid dienone is 3. The Balaban J connectivity index is 3.24. The van der Waals surface area contributed by atoms with Crippen LogP contribution in [0, 0.1) is 0 Å². The third kappa shape index (κ3) is 21.0. The molecule has 2 heteroatoms. The van der Waals surface area contributed by atoms with Crippen molar-refractivity contribution in [3.05, 3.63) is 24.3 Å². The third-order valence-corrected chi connectivity index (χ3v) is 4.70. The van der Waals surface area contributed by atoms with Crippen molar-refractivity contribution in [1.29, 1.82) is 0 Å². The van der Waals surface area contributed by atoms with Gasteiger partial charge in [-0.25, -0.2) is 4.79 Å². The predicted octanol–water partition coefficient (Wildman–Crippen LogP) is 7.92. The van der Waals surface area contributed by atoms with Crippen LogP contribution >= 0.6 is 0 Å².